The predicted molar refractivity (Wildman–Crippen MR) is 72.8 cm³/mol. The van der Waals surface area contributed by atoms with Gasteiger partial charge in [-0.3, -0.25) is 9.80 Å². The SMILES string of the molecule is CC1CC(N2CC(N3CCNCC3)C2)CC(C)O1. The Labute approximate surface area is 111 Å². The van der Waals surface area contributed by atoms with Crippen molar-refractivity contribution >= 4 is 0 Å². The molecule has 2 unspecified atom stereocenters. The highest BCUT2D eigenvalue weighted by Crippen LogP contribution is 2.28. The highest BCUT2D eigenvalue weighted by Gasteiger charge is 2.38. The average Bonchev–Trinajstić information content (AvgIpc) is 2.27. The van der Waals surface area contributed by atoms with Crippen molar-refractivity contribution in [2.45, 2.75) is 51.0 Å². The third-order valence-electron chi connectivity index (χ3n) is 4.75. The van der Waals surface area contributed by atoms with Crippen molar-refractivity contribution < 1.29 is 4.74 Å². The summed E-state index contributed by atoms with van der Waals surface area (Å²) in [6, 6.07) is 1.59. The van der Waals surface area contributed by atoms with E-state index in [9.17, 15) is 0 Å². The van der Waals surface area contributed by atoms with Crippen LogP contribution in [0.2, 0.25) is 0 Å². The lowest BCUT2D eigenvalue weighted by molar-refractivity contribution is -0.0923. The fraction of sp³-hybridized carbons (Fsp3) is 1.00. The number of nitrogens with one attached hydrogen (secondary N) is 1. The minimum Gasteiger partial charge on any atom is -0.375 e. The Morgan fingerprint density at radius 1 is 0.889 bits per heavy atom. The standard InChI is InChI=1S/C14H27N3O/c1-11-7-13(8-12(2)18-11)17-9-14(10-17)16-5-3-15-4-6-16/h11-15H,3-10H2,1-2H3. The zero-order valence-electron chi connectivity index (χ0n) is 11.8. The molecule has 18 heavy (non-hydrogen) atoms. The summed E-state index contributed by atoms with van der Waals surface area (Å²) in [7, 11) is 0. The molecule has 3 fully saturated rings. The molecule has 4 heteroatoms. The van der Waals surface area contributed by atoms with Gasteiger partial charge in [0.1, 0.15) is 0 Å². The average molecular weight is 253 g/mol. The molecule has 4 nitrogen and oxygen atoms in total. The number of hydrogen-bond donors (Lipinski definition) is 1. The zero-order chi connectivity index (χ0) is 12.5. The Hall–Kier alpha value is -0.160. The van der Waals surface area contributed by atoms with Crippen molar-refractivity contribution in [2.24, 2.45) is 0 Å². The van der Waals surface area contributed by atoms with E-state index in [2.05, 4.69) is 29.0 Å². The van der Waals surface area contributed by atoms with Crippen LogP contribution in [-0.2, 0) is 4.74 Å². The minimum atomic E-state index is 0.442. The van der Waals surface area contributed by atoms with E-state index < -0.39 is 0 Å². The van der Waals surface area contributed by atoms with Crippen LogP contribution in [0.3, 0.4) is 0 Å². The van der Waals surface area contributed by atoms with Gasteiger partial charge in [-0.15, -0.1) is 0 Å². The molecule has 3 aliphatic heterocycles. The molecule has 0 amide bonds. The summed E-state index contributed by atoms with van der Waals surface area (Å²) in [6.45, 7) is 11.8. The van der Waals surface area contributed by atoms with Gasteiger partial charge in [0, 0.05) is 51.4 Å². The molecule has 3 saturated heterocycles. The first-order chi connectivity index (χ1) is 8.72. The van der Waals surface area contributed by atoms with E-state index in [1.165, 1.54) is 52.1 Å². The van der Waals surface area contributed by atoms with E-state index in [-0.39, 0.29) is 0 Å². The van der Waals surface area contributed by atoms with Gasteiger partial charge < -0.3 is 10.1 Å². The fourth-order valence-corrected chi connectivity index (χ4v) is 3.73. The van der Waals surface area contributed by atoms with Gasteiger partial charge in [0.25, 0.3) is 0 Å². The van der Waals surface area contributed by atoms with Crippen molar-refractivity contribution in [2.75, 3.05) is 39.3 Å². The van der Waals surface area contributed by atoms with E-state index in [0.29, 0.717) is 12.2 Å². The smallest absolute Gasteiger partial charge is 0.0565 e. The molecule has 0 aromatic carbocycles. The molecule has 0 aromatic rings. The molecule has 2 atom stereocenters. The number of nitrogens with zero attached hydrogens (tertiary/aromatic N) is 2. The number of hydrogen-bond acceptors (Lipinski definition) is 4. The van der Waals surface area contributed by atoms with Crippen LogP contribution >= 0.6 is 0 Å². The first-order valence-corrected chi connectivity index (χ1v) is 7.56. The van der Waals surface area contributed by atoms with Crippen LogP contribution in [0, 0.1) is 0 Å². The number of piperazine rings is 1. The van der Waals surface area contributed by atoms with Crippen molar-refractivity contribution in [3.8, 4) is 0 Å². The van der Waals surface area contributed by atoms with Crippen LogP contribution < -0.4 is 5.32 Å². The topological polar surface area (TPSA) is 27.7 Å². The molecule has 0 saturated carbocycles. The molecule has 3 rings (SSSR count). The van der Waals surface area contributed by atoms with Crippen molar-refractivity contribution in [3.05, 3.63) is 0 Å². The first-order valence-electron chi connectivity index (χ1n) is 7.56. The van der Waals surface area contributed by atoms with Gasteiger partial charge in [0.05, 0.1) is 12.2 Å². The van der Waals surface area contributed by atoms with Crippen LogP contribution in [0.4, 0.5) is 0 Å². The Bertz CT molecular complexity index is 264. The van der Waals surface area contributed by atoms with Gasteiger partial charge in [-0.25, -0.2) is 0 Å². The maximum atomic E-state index is 5.83. The molecular weight excluding hydrogens is 226 g/mol. The molecule has 0 aromatic heterocycles. The lowest BCUT2D eigenvalue weighted by atomic mass is 9.93. The third kappa shape index (κ3) is 2.72. The van der Waals surface area contributed by atoms with Gasteiger partial charge in [-0.1, -0.05) is 0 Å². The van der Waals surface area contributed by atoms with E-state index in [0.717, 1.165) is 12.1 Å². The predicted octanol–water partition coefficient (Wildman–Crippen LogP) is 0.532. The first kappa shape index (κ1) is 12.9. The molecule has 0 aliphatic carbocycles. The van der Waals surface area contributed by atoms with Crippen LogP contribution in [0.5, 0.6) is 0 Å². The quantitative estimate of drug-likeness (QED) is 0.777. The second-order valence-corrected chi connectivity index (χ2v) is 6.28. The van der Waals surface area contributed by atoms with Crippen molar-refractivity contribution in [3.63, 3.8) is 0 Å². The van der Waals surface area contributed by atoms with Crippen LogP contribution in [0.1, 0.15) is 26.7 Å². The number of ether oxygens (including phenoxy) is 1. The molecule has 0 radical (unpaired) electrons. The van der Waals surface area contributed by atoms with Gasteiger partial charge in [0.15, 0.2) is 0 Å². The summed E-state index contributed by atoms with van der Waals surface area (Å²) in [5.41, 5.74) is 0. The van der Waals surface area contributed by atoms with Gasteiger partial charge >= 0.3 is 0 Å². The third-order valence-corrected chi connectivity index (χ3v) is 4.75. The Morgan fingerprint density at radius 3 is 2.11 bits per heavy atom. The number of rotatable bonds is 2. The second-order valence-electron chi connectivity index (χ2n) is 6.28. The van der Waals surface area contributed by atoms with Crippen molar-refractivity contribution in [1.29, 1.82) is 0 Å². The summed E-state index contributed by atoms with van der Waals surface area (Å²) < 4.78 is 5.83. The fourth-order valence-electron chi connectivity index (χ4n) is 3.73. The Morgan fingerprint density at radius 2 is 1.50 bits per heavy atom. The summed E-state index contributed by atoms with van der Waals surface area (Å²) in [5.74, 6) is 0. The van der Waals surface area contributed by atoms with Crippen molar-refractivity contribution in [1.82, 2.24) is 15.1 Å². The summed E-state index contributed by atoms with van der Waals surface area (Å²) in [5, 5.41) is 3.43. The lowest BCUT2D eigenvalue weighted by Crippen LogP contribution is -2.65. The van der Waals surface area contributed by atoms with E-state index in [4.69, 9.17) is 4.74 Å². The highest BCUT2D eigenvalue weighted by molar-refractivity contribution is 4.95. The number of likely N-dealkylation sites (tertiary alicyclic amines) is 1. The largest absolute Gasteiger partial charge is 0.375 e. The molecule has 3 heterocycles. The monoisotopic (exact) mass is 253 g/mol. The van der Waals surface area contributed by atoms with E-state index in [1.807, 2.05) is 0 Å². The molecule has 1 N–H and O–H groups in total. The van der Waals surface area contributed by atoms with Crippen LogP contribution in [-0.4, -0.2) is 73.4 Å². The lowest BCUT2D eigenvalue weighted by Gasteiger charge is -2.51. The van der Waals surface area contributed by atoms with Gasteiger partial charge in [-0.05, 0) is 26.7 Å². The minimum absolute atomic E-state index is 0.442. The summed E-state index contributed by atoms with van der Waals surface area (Å²) in [6.07, 6.45) is 3.33. The van der Waals surface area contributed by atoms with Crippen LogP contribution in [0.15, 0.2) is 0 Å². The van der Waals surface area contributed by atoms with Gasteiger partial charge in [-0.2, -0.15) is 0 Å². The zero-order valence-corrected chi connectivity index (χ0v) is 11.8. The normalized spacial score (nSPS) is 40.7. The van der Waals surface area contributed by atoms with Gasteiger partial charge in [0.2, 0.25) is 0 Å². The summed E-state index contributed by atoms with van der Waals surface area (Å²) >= 11 is 0. The summed E-state index contributed by atoms with van der Waals surface area (Å²) in [4.78, 5) is 5.35. The van der Waals surface area contributed by atoms with E-state index in [1.54, 1.807) is 0 Å². The Balaban J connectivity index is 1.46. The molecule has 3 aliphatic rings. The molecular formula is C14H27N3O. The molecule has 104 valence electrons. The highest BCUT2D eigenvalue weighted by atomic mass is 16.5. The van der Waals surface area contributed by atoms with E-state index >= 15 is 0 Å². The molecule has 0 bridgehead atoms. The molecule has 0 spiro atoms. The second kappa shape index (κ2) is 5.45. The maximum absolute atomic E-state index is 5.83. The maximum Gasteiger partial charge on any atom is 0.0565 e. The Kier molecular flexibility index (Phi) is 3.89. The van der Waals surface area contributed by atoms with Crippen LogP contribution in [0.25, 0.3) is 0 Å².